The van der Waals surface area contributed by atoms with Crippen molar-refractivity contribution in [2.75, 3.05) is 48.8 Å². The number of anilines is 4. The van der Waals surface area contributed by atoms with Crippen molar-refractivity contribution in [2.45, 2.75) is 20.0 Å². The molecule has 0 saturated carbocycles. The molecule has 0 spiro atoms. The largest absolute Gasteiger partial charge is 0.420 e. The molecule has 0 radical (unpaired) electrons. The number of halogens is 3. The van der Waals surface area contributed by atoms with E-state index in [4.69, 9.17) is 0 Å². The Hall–Kier alpha value is -3.41. The zero-order chi connectivity index (χ0) is 24.5. The zero-order valence-corrected chi connectivity index (χ0v) is 19.7. The van der Waals surface area contributed by atoms with Crippen LogP contribution in [0.4, 0.5) is 35.6 Å². The van der Waals surface area contributed by atoms with Crippen molar-refractivity contribution >= 4 is 39.7 Å². The van der Waals surface area contributed by atoms with Gasteiger partial charge in [-0.15, -0.1) is 0 Å². The Morgan fingerprint density at radius 1 is 1.15 bits per heavy atom. The average Bonchev–Trinajstić information content (AvgIpc) is 3.19. The lowest BCUT2D eigenvalue weighted by molar-refractivity contribution is -0.137. The summed E-state index contributed by atoms with van der Waals surface area (Å²) in [4.78, 5) is 28.3. The number of nitrogens with zero attached hydrogens (tertiary/aromatic N) is 5. The molecule has 3 heterocycles. The molecule has 0 aliphatic carbocycles. The number of alkyl halides is 3. The summed E-state index contributed by atoms with van der Waals surface area (Å²) in [6, 6.07) is 7.49. The average molecular weight is 492 g/mol. The third-order valence-corrected chi connectivity index (χ3v) is 6.69. The zero-order valence-electron chi connectivity index (χ0n) is 18.9. The number of aryl methyl sites for hydroxylation is 1. The van der Waals surface area contributed by atoms with Crippen molar-refractivity contribution < 1.29 is 18.0 Å². The second kappa shape index (κ2) is 9.45. The summed E-state index contributed by atoms with van der Waals surface area (Å²) in [5.74, 6) is 0.115. The second-order valence-electron chi connectivity index (χ2n) is 7.81. The van der Waals surface area contributed by atoms with Gasteiger partial charge in [-0.1, -0.05) is 17.4 Å². The second-order valence-corrected chi connectivity index (χ2v) is 8.80. The third kappa shape index (κ3) is 5.06. The van der Waals surface area contributed by atoms with Crippen molar-refractivity contribution in [3.05, 3.63) is 41.7 Å². The molecule has 8 nitrogen and oxygen atoms in total. The summed E-state index contributed by atoms with van der Waals surface area (Å²) in [6.45, 7) is 5.89. The van der Waals surface area contributed by atoms with E-state index in [0.717, 1.165) is 23.2 Å². The van der Waals surface area contributed by atoms with Gasteiger partial charge in [-0.05, 0) is 25.1 Å². The first-order valence-corrected chi connectivity index (χ1v) is 11.4. The van der Waals surface area contributed by atoms with Gasteiger partial charge in [0, 0.05) is 57.7 Å². The van der Waals surface area contributed by atoms with Gasteiger partial charge in [-0.3, -0.25) is 4.79 Å². The molecule has 1 aliphatic rings. The van der Waals surface area contributed by atoms with Gasteiger partial charge < -0.3 is 20.4 Å². The van der Waals surface area contributed by atoms with Gasteiger partial charge in [0.2, 0.25) is 11.9 Å². The van der Waals surface area contributed by atoms with Gasteiger partial charge in [-0.25, -0.2) is 15.0 Å². The summed E-state index contributed by atoms with van der Waals surface area (Å²) in [5, 5.41) is 6.39. The molecule has 0 bridgehead atoms. The number of piperazine rings is 1. The SMILES string of the molecule is CNc1nc(C)c(-c2nc(Nc3cccc(N4CCN(C(C)=O)CC4)c3)ncc2C(F)(F)F)s1. The van der Waals surface area contributed by atoms with Crippen LogP contribution in [0, 0.1) is 6.92 Å². The highest BCUT2D eigenvalue weighted by molar-refractivity contribution is 7.19. The lowest BCUT2D eigenvalue weighted by Crippen LogP contribution is -2.48. The maximum Gasteiger partial charge on any atom is 0.420 e. The molecule has 34 heavy (non-hydrogen) atoms. The number of hydrogen-bond acceptors (Lipinski definition) is 8. The highest BCUT2D eigenvalue weighted by Crippen LogP contribution is 2.40. The van der Waals surface area contributed by atoms with E-state index >= 15 is 0 Å². The van der Waals surface area contributed by atoms with Crippen LogP contribution in [-0.2, 0) is 11.0 Å². The Morgan fingerprint density at radius 3 is 2.50 bits per heavy atom. The van der Waals surface area contributed by atoms with E-state index in [1.54, 1.807) is 31.9 Å². The highest BCUT2D eigenvalue weighted by Gasteiger charge is 2.36. The van der Waals surface area contributed by atoms with Gasteiger partial charge in [0.05, 0.1) is 10.6 Å². The molecule has 2 aromatic heterocycles. The molecule has 4 rings (SSSR count). The number of aromatic nitrogens is 3. The first kappa shape index (κ1) is 23.7. The summed E-state index contributed by atoms with van der Waals surface area (Å²) >= 11 is 1.11. The van der Waals surface area contributed by atoms with Crippen LogP contribution in [-0.4, -0.2) is 59.0 Å². The number of benzene rings is 1. The van der Waals surface area contributed by atoms with Crippen LogP contribution in [0.2, 0.25) is 0 Å². The minimum absolute atomic E-state index is 0.0559. The number of carbonyl (C=O) groups excluding carboxylic acids is 1. The van der Waals surface area contributed by atoms with E-state index in [1.807, 2.05) is 18.2 Å². The molecule has 1 amide bonds. The molecule has 1 saturated heterocycles. The number of thiazole rings is 1. The molecular formula is C22H24F3N7OS. The molecule has 2 N–H and O–H groups in total. The summed E-state index contributed by atoms with van der Waals surface area (Å²) in [6.07, 6.45) is -3.81. The first-order valence-electron chi connectivity index (χ1n) is 10.6. The van der Waals surface area contributed by atoms with E-state index in [-0.39, 0.29) is 17.5 Å². The lowest BCUT2D eigenvalue weighted by atomic mass is 10.2. The summed E-state index contributed by atoms with van der Waals surface area (Å²) < 4.78 is 41.1. The van der Waals surface area contributed by atoms with Crippen LogP contribution in [0.5, 0.6) is 0 Å². The Balaban J connectivity index is 1.61. The number of nitrogens with one attached hydrogen (secondary N) is 2. The van der Waals surface area contributed by atoms with E-state index < -0.39 is 11.7 Å². The molecule has 180 valence electrons. The van der Waals surface area contributed by atoms with Crippen molar-refractivity contribution in [3.8, 4) is 10.6 Å². The van der Waals surface area contributed by atoms with Crippen LogP contribution in [0.3, 0.4) is 0 Å². The van der Waals surface area contributed by atoms with Gasteiger partial charge in [0.15, 0.2) is 5.13 Å². The number of rotatable bonds is 5. The van der Waals surface area contributed by atoms with Gasteiger partial charge in [0.25, 0.3) is 0 Å². The molecule has 0 atom stereocenters. The summed E-state index contributed by atoms with van der Waals surface area (Å²) in [7, 11) is 1.66. The predicted octanol–water partition coefficient (Wildman–Crippen LogP) is 4.38. The predicted molar refractivity (Wildman–Crippen MR) is 127 cm³/mol. The van der Waals surface area contributed by atoms with Crippen molar-refractivity contribution in [1.82, 2.24) is 19.9 Å². The fraction of sp³-hybridized carbons (Fsp3) is 0.364. The van der Waals surface area contributed by atoms with Crippen LogP contribution in [0.1, 0.15) is 18.2 Å². The van der Waals surface area contributed by atoms with Crippen LogP contribution >= 0.6 is 11.3 Å². The summed E-state index contributed by atoms with van der Waals surface area (Å²) in [5.41, 5.74) is 0.921. The van der Waals surface area contributed by atoms with E-state index in [0.29, 0.717) is 47.6 Å². The quantitative estimate of drug-likeness (QED) is 0.548. The minimum Gasteiger partial charge on any atom is -0.368 e. The van der Waals surface area contributed by atoms with Crippen molar-refractivity contribution in [1.29, 1.82) is 0 Å². The monoisotopic (exact) mass is 491 g/mol. The van der Waals surface area contributed by atoms with Gasteiger partial charge in [-0.2, -0.15) is 13.2 Å². The van der Waals surface area contributed by atoms with E-state index in [1.165, 1.54) is 0 Å². The smallest absolute Gasteiger partial charge is 0.368 e. The van der Waals surface area contributed by atoms with E-state index in [2.05, 4.69) is 30.5 Å². The number of amides is 1. The molecule has 1 fully saturated rings. The van der Waals surface area contributed by atoms with Gasteiger partial charge in [0.1, 0.15) is 11.3 Å². The topological polar surface area (TPSA) is 86.3 Å². The van der Waals surface area contributed by atoms with Crippen molar-refractivity contribution in [2.24, 2.45) is 0 Å². The molecular weight excluding hydrogens is 467 g/mol. The molecule has 3 aromatic rings. The third-order valence-electron chi connectivity index (χ3n) is 5.51. The standard InChI is InChI=1S/C22H24F3N7OS/c1-13-19(34-21(26-3)28-13)18-17(22(23,24)25)12-27-20(30-18)29-15-5-4-6-16(11-15)32-9-7-31(8-10-32)14(2)33/h4-6,11-12H,7-10H2,1-3H3,(H,26,28)(H,27,29,30). The Morgan fingerprint density at radius 2 is 1.88 bits per heavy atom. The maximum atomic E-state index is 13.7. The molecule has 1 aromatic carbocycles. The maximum absolute atomic E-state index is 13.7. The number of carbonyl (C=O) groups is 1. The molecule has 0 unspecified atom stereocenters. The Kier molecular flexibility index (Phi) is 6.60. The molecule has 1 aliphatic heterocycles. The van der Waals surface area contributed by atoms with Gasteiger partial charge >= 0.3 is 6.18 Å². The van der Waals surface area contributed by atoms with Crippen LogP contribution in [0.15, 0.2) is 30.5 Å². The highest BCUT2D eigenvalue weighted by atomic mass is 32.1. The van der Waals surface area contributed by atoms with Crippen LogP contribution < -0.4 is 15.5 Å². The normalized spacial score (nSPS) is 14.3. The molecule has 12 heteroatoms. The van der Waals surface area contributed by atoms with E-state index in [9.17, 15) is 18.0 Å². The Bertz CT molecular complexity index is 1190. The minimum atomic E-state index is -4.61. The van der Waals surface area contributed by atoms with Crippen molar-refractivity contribution in [3.63, 3.8) is 0 Å². The fourth-order valence-corrected chi connectivity index (χ4v) is 4.66. The van der Waals surface area contributed by atoms with Crippen LogP contribution in [0.25, 0.3) is 10.6 Å². The lowest BCUT2D eigenvalue weighted by Gasteiger charge is -2.35. The Labute approximate surface area is 198 Å². The first-order chi connectivity index (χ1) is 16.2. The number of hydrogen-bond donors (Lipinski definition) is 2. The fourth-order valence-electron chi connectivity index (χ4n) is 3.73.